The van der Waals surface area contributed by atoms with Crippen LogP contribution in [-0.4, -0.2) is 4.98 Å². The van der Waals surface area contributed by atoms with E-state index in [-0.39, 0.29) is 0 Å². The van der Waals surface area contributed by atoms with Gasteiger partial charge in [-0.05, 0) is 52.3 Å². The van der Waals surface area contributed by atoms with Crippen LogP contribution in [0.15, 0.2) is 53.3 Å². The van der Waals surface area contributed by atoms with Gasteiger partial charge >= 0.3 is 0 Å². The number of pyridine rings is 1. The van der Waals surface area contributed by atoms with Crippen LogP contribution in [0, 0.1) is 0 Å². The standard InChI is InChI=1S/C15H11BrClN3/c16-12-2-1-9(17)7-15(12)20-14-4-3-13(18)11-8-19-6-5-10(11)14/h1-8,20H,18H2. The maximum Gasteiger partial charge on any atom is 0.0543 e. The van der Waals surface area contributed by atoms with Crippen molar-refractivity contribution in [1.29, 1.82) is 0 Å². The Bertz CT molecular complexity index is 789. The molecule has 5 heteroatoms. The van der Waals surface area contributed by atoms with E-state index in [0.717, 1.165) is 26.6 Å². The molecule has 0 amide bonds. The Hall–Kier alpha value is -1.78. The first-order valence-corrected chi connectivity index (χ1v) is 7.16. The predicted octanol–water partition coefficient (Wildman–Crippen LogP) is 4.98. The van der Waals surface area contributed by atoms with E-state index in [1.807, 2.05) is 36.4 Å². The minimum absolute atomic E-state index is 0.678. The largest absolute Gasteiger partial charge is 0.398 e. The number of rotatable bonds is 2. The van der Waals surface area contributed by atoms with Gasteiger partial charge in [0, 0.05) is 44.0 Å². The van der Waals surface area contributed by atoms with Crippen LogP contribution in [0.2, 0.25) is 5.02 Å². The molecule has 0 saturated heterocycles. The van der Waals surface area contributed by atoms with E-state index in [0.29, 0.717) is 10.7 Å². The average Bonchev–Trinajstić information content (AvgIpc) is 2.46. The first kappa shape index (κ1) is 13.2. The second-order valence-electron chi connectivity index (χ2n) is 4.37. The van der Waals surface area contributed by atoms with E-state index in [4.69, 9.17) is 17.3 Å². The number of anilines is 3. The molecule has 20 heavy (non-hydrogen) atoms. The summed E-state index contributed by atoms with van der Waals surface area (Å²) in [4.78, 5) is 4.12. The molecule has 0 unspecified atom stereocenters. The molecule has 0 aliphatic rings. The van der Waals surface area contributed by atoms with Crippen LogP contribution in [0.3, 0.4) is 0 Å². The van der Waals surface area contributed by atoms with Crippen molar-refractivity contribution in [3.8, 4) is 0 Å². The van der Waals surface area contributed by atoms with E-state index in [2.05, 4.69) is 26.2 Å². The average molecular weight is 349 g/mol. The van der Waals surface area contributed by atoms with Crippen molar-refractivity contribution in [1.82, 2.24) is 4.98 Å². The molecule has 3 nitrogen and oxygen atoms in total. The zero-order valence-electron chi connectivity index (χ0n) is 10.4. The monoisotopic (exact) mass is 347 g/mol. The molecule has 0 saturated carbocycles. The normalized spacial score (nSPS) is 10.7. The van der Waals surface area contributed by atoms with Crippen molar-refractivity contribution in [3.05, 3.63) is 58.3 Å². The Morgan fingerprint density at radius 2 is 1.90 bits per heavy atom. The van der Waals surface area contributed by atoms with Gasteiger partial charge in [-0.2, -0.15) is 0 Å². The molecule has 0 fully saturated rings. The van der Waals surface area contributed by atoms with Gasteiger partial charge in [-0.15, -0.1) is 0 Å². The molecule has 1 aromatic heterocycles. The number of halogens is 2. The molecular formula is C15H11BrClN3. The Morgan fingerprint density at radius 3 is 2.75 bits per heavy atom. The summed E-state index contributed by atoms with van der Waals surface area (Å²) >= 11 is 9.54. The smallest absolute Gasteiger partial charge is 0.0543 e. The van der Waals surface area contributed by atoms with E-state index in [1.54, 1.807) is 12.4 Å². The topological polar surface area (TPSA) is 50.9 Å². The summed E-state index contributed by atoms with van der Waals surface area (Å²) in [6.07, 6.45) is 3.52. The Kier molecular flexibility index (Phi) is 3.51. The summed E-state index contributed by atoms with van der Waals surface area (Å²) in [6.45, 7) is 0. The molecular weight excluding hydrogens is 338 g/mol. The second kappa shape index (κ2) is 5.31. The Labute approximate surface area is 129 Å². The van der Waals surface area contributed by atoms with Gasteiger partial charge in [-0.25, -0.2) is 0 Å². The first-order chi connectivity index (χ1) is 9.65. The molecule has 3 N–H and O–H groups in total. The number of hydrogen-bond donors (Lipinski definition) is 2. The molecule has 0 atom stereocenters. The predicted molar refractivity (Wildman–Crippen MR) is 88.6 cm³/mol. The lowest BCUT2D eigenvalue weighted by Gasteiger charge is -2.12. The molecule has 2 aromatic carbocycles. The maximum absolute atomic E-state index is 6.04. The molecule has 3 aromatic rings. The van der Waals surface area contributed by atoms with Crippen LogP contribution in [0.5, 0.6) is 0 Å². The summed E-state index contributed by atoms with van der Waals surface area (Å²) in [7, 11) is 0. The number of nitrogens with two attached hydrogens (primary N) is 1. The third kappa shape index (κ3) is 2.44. The minimum atomic E-state index is 0.678. The van der Waals surface area contributed by atoms with Gasteiger partial charge in [0.05, 0.1) is 5.69 Å². The number of aromatic nitrogens is 1. The van der Waals surface area contributed by atoms with Gasteiger partial charge in [0.2, 0.25) is 0 Å². The van der Waals surface area contributed by atoms with Gasteiger partial charge in [-0.3, -0.25) is 4.98 Å². The Balaban J connectivity index is 2.11. The number of nitrogen functional groups attached to an aromatic ring is 1. The van der Waals surface area contributed by atoms with Crippen molar-refractivity contribution in [3.63, 3.8) is 0 Å². The number of nitrogens with one attached hydrogen (secondary N) is 1. The number of hydrogen-bond acceptors (Lipinski definition) is 3. The highest BCUT2D eigenvalue weighted by Gasteiger charge is 2.06. The molecule has 100 valence electrons. The molecule has 1 heterocycles. The van der Waals surface area contributed by atoms with Crippen LogP contribution >= 0.6 is 27.5 Å². The third-order valence-electron chi connectivity index (χ3n) is 3.05. The van der Waals surface area contributed by atoms with Gasteiger partial charge in [0.25, 0.3) is 0 Å². The summed E-state index contributed by atoms with van der Waals surface area (Å²) in [5.74, 6) is 0. The lowest BCUT2D eigenvalue weighted by atomic mass is 10.1. The number of benzene rings is 2. The summed E-state index contributed by atoms with van der Waals surface area (Å²) < 4.78 is 0.945. The van der Waals surface area contributed by atoms with E-state index < -0.39 is 0 Å². The third-order valence-corrected chi connectivity index (χ3v) is 3.98. The molecule has 3 rings (SSSR count). The van der Waals surface area contributed by atoms with Crippen LogP contribution in [0.4, 0.5) is 17.1 Å². The fourth-order valence-electron chi connectivity index (χ4n) is 2.06. The highest BCUT2D eigenvalue weighted by atomic mass is 79.9. The highest BCUT2D eigenvalue weighted by Crippen LogP contribution is 2.33. The second-order valence-corrected chi connectivity index (χ2v) is 5.66. The molecule has 0 spiro atoms. The van der Waals surface area contributed by atoms with Crippen LogP contribution in [-0.2, 0) is 0 Å². The summed E-state index contributed by atoms with van der Waals surface area (Å²) in [5.41, 5.74) is 8.55. The van der Waals surface area contributed by atoms with E-state index in [1.165, 1.54) is 0 Å². The van der Waals surface area contributed by atoms with Gasteiger partial charge in [-0.1, -0.05) is 11.6 Å². The summed E-state index contributed by atoms with van der Waals surface area (Å²) in [5, 5.41) is 5.99. The molecule has 0 aliphatic carbocycles. The quantitative estimate of drug-likeness (QED) is 0.642. The molecule has 0 aliphatic heterocycles. The molecule has 0 radical (unpaired) electrons. The van der Waals surface area contributed by atoms with Crippen molar-refractivity contribution < 1.29 is 0 Å². The number of nitrogens with zero attached hydrogens (tertiary/aromatic N) is 1. The van der Waals surface area contributed by atoms with Crippen molar-refractivity contribution in [2.45, 2.75) is 0 Å². The first-order valence-electron chi connectivity index (χ1n) is 5.99. The zero-order chi connectivity index (χ0) is 14.1. The maximum atomic E-state index is 6.04. The van der Waals surface area contributed by atoms with Crippen LogP contribution in [0.25, 0.3) is 10.8 Å². The van der Waals surface area contributed by atoms with E-state index >= 15 is 0 Å². The van der Waals surface area contributed by atoms with Gasteiger partial charge in [0.15, 0.2) is 0 Å². The Morgan fingerprint density at radius 1 is 1.05 bits per heavy atom. The minimum Gasteiger partial charge on any atom is -0.398 e. The SMILES string of the molecule is Nc1ccc(Nc2cc(Cl)ccc2Br)c2ccncc12. The van der Waals surface area contributed by atoms with Crippen molar-refractivity contribution >= 4 is 55.4 Å². The fourth-order valence-corrected chi connectivity index (χ4v) is 2.58. The van der Waals surface area contributed by atoms with Crippen LogP contribution in [0.1, 0.15) is 0 Å². The van der Waals surface area contributed by atoms with E-state index in [9.17, 15) is 0 Å². The molecule has 0 bridgehead atoms. The van der Waals surface area contributed by atoms with Gasteiger partial charge < -0.3 is 11.1 Å². The lowest BCUT2D eigenvalue weighted by Crippen LogP contribution is -1.95. The number of fused-ring (bicyclic) bond motifs is 1. The van der Waals surface area contributed by atoms with Gasteiger partial charge in [0.1, 0.15) is 0 Å². The zero-order valence-corrected chi connectivity index (χ0v) is 12.7. The van der Waals surface area contributed by atoms with Crippen molar-refractivity contribution in [2.75, 3.05) is 11.1 Å². The summed E-state index contributed by atoms with van der Waals surface area (Å²) in [6, 6.07) is 11.4. The lowest BCUT2D eigenvalue weighted by molar-refractivity contribution is 1.36. The fraction of sp³-hybridized carbons (Fsp3) is 0. The van der Waals surface area contributed by atoms with Crippen molar-refractivity contribution in [2.24, 2.45) is 0 Å². The highest BCUT2D eigenvalue weighted by molar-refractivity contribution is 9.10. The van der Waals surface area contributed by atoms with Crippen LogP contribution < -0.4 is 11.1 Å².